The first kappa shape index (κ1) is 14.1. The lowest BCUT2D eigenvalue weighted by Gasteiger charge is -2.37. The SMILES string of the molecule is CC(C)(C)OC(=O)N1[C@@H]2CC[C@H]1c1c(I)n[nH]c1[C@H]2F. The van der Waals surface area contributed by atoms with E-state index in [1.165, 1.54) is 0 Å². The Morgan fingerprint density at radius 1 is 1.50 bits per heavy atom. The van der Waals surface area contributed by atoms with Crippen LogP contribution in [-0.4, -0.2) is 32.8 Å². The lowest BCUT2D eigenvalue weighted by molar-refractivity contribution is 0.000976. The number of amides is 1. The number of ether oxygens (including phenoxy) is 1. The van der Waals surface area contributed by atoms with Crippen molar-refractivity contribution >= 4 is 28.7 Å². The highest BCUT2D eigenvalue weighted by molar-refractivity contribution is 14.1. The van der Waals surface area contributed by atoms with Gasteiger partial charge >= 0.3 is 6.09 Å². The molecule has 1 amide bonds. The predicted octanol–water partition coefficient (Wildman–Crippen LogP) is 3.48. The Bertz CT molecular complexity index is 554. The van der Waals surface area contributed by atoms with Crippen LogP contribution < -0.4 is 0 Å². The topological polar surface area (TPSA) is 58.2 Å². The van der Waals surface area contributed by atoms with Crippen molar-refractivity contribution in [3.05, 3.63) is 15.0 Å². The summed E-state index contributed by atoms with van der Waals surface area (Å²) in [6.45, 7) is 5.45. The lowest BCUT2D eigenvalue weighted by atomic mass is 9.99. The molecule has 2 aliphatic heterocycles. The Kier molecular flexibility index (Phi) is 3.22. The van der Waals surface area contributed by atoms with Gasteiger partial charge in [0.15, 0.2) is 6.17 Å². The number of aromatic nitrogens is 2. The van der Waals surface area contributed by atoms with Gasteiger partial charge in [0.05, 0.1) is 17.8 Å². The summed E-state index contributed by atoms with van der Waals surface area (Å²) in [6, 6.07) is -0.568. The van der Waals surface area contributed by atoms with Crippen molar-refractivity contribution < 1.29 is 13.9 Å². The zero-order valence-corrected chi connectivity index (χ0v) is 13.8. The smallest absolute Gasteiger partial charge is 0.411 e. The molecule has 0 aromatic carbocycles. The van der Waals surface area contributed by atoms with Crippen molar-refractivity contribution in [2.75, 3.05) is 0 Å². The van der Waals surface area contributed by atoms with Crippen LogP contribution in [-0.2, 0) is 4.74 Å². The molecule has 2 bridgehead atoms. The number of carbonyl (C=O) groups excluding carboxylic acids is 1. The van der Waals surface area contributed by atoms with Crippen LogP contribution in [0.15, 0.2) is 0 Å². The molecule has 3 atom stereocenters. The number of halogens is 2. The van der Waals surface area contributed by atoms with Crippen LogP contribution in [0, 0.1) is 3.70 Å². The Morgan fingerprint density at radius 3 is 2.85 bits per heavy atom. The highest BCUT2D eigenvalue weighted by Crippen LogP contribution is 2.50. The third-order valence-electron chi connectivity index (χ3n) is 3.77. The molecule has 110 valence electrons. The zero-order chi connectivity index (χ0) is 14.7. The number of nitrogens with one attached hydrogen (secondary N) is 1. The van der Waals surface area contributed by atoms with Crippen LogP contribution in [0.2, 0.25) is 0 Å². The molecule has 3 heterocycles. The van der Waals surface area contributed by atoms with E-state index in [1.54, 1.807) is 4.90 Å². The molecule has 20 heavy (non-hydrogen) atoms. The van der Waals surface area contributed by atoms with Crippen molar-refractivity contribution in [2.24, 2.45) is 0 Å². The Labute approximate surface area is 130 Å². The van der Waals surface area contributed by atoms with Gasteiger partial charge < -0.3 is 4.74 Å². The van der Waals surface area contributed by atoms with E-state index in [0.29, 0.717) is 12.1 Å². The van der Waals surface area contributed by atoms with Crippen LogP contribution in [0.1, 0.15) is 57.1 Å². The molecule has 0 unspecified atom stereocenters. The van der Waals surface area contributed by atoms with E-state index in [-0.39, 0.29) is 6.04 Å². The second-order valence-electron chi connectivity index (χ2n) is 6.29. The van der Waals surface area contributed by atoms with Crippen molar-refractivity contribution in [3.8, 4) is 0 Å². The molecule has 0 spiro atoms. The average Bonchev–Trinajstić information content (AvgIpc) is 2.86. The first-order valence-electron chi connectivity index (χ1n) is 6.68. The normalized spacial score (nSPS) is 28.4. The number of alkyl halides is 1. The Morgan fingerprint density at radius 2 is 2.20 bits per heavy atom. The van der Waals surface area contributed by atoms with Gasteiger partial charge in [-0.1, -0.05) is 0 Å². The zero-order valence-electron chi connectivity index (χ0n) is 11.6. The number of hydrogen-bond acceptors (Lipinski definition) is 3. The Balaban J connectivity index is 1.96. The van der Waals surface area contributed by atoms with Crippen LogP contribution in [0.25, 0.3) is 0 Å². The standard InChI is InChI=1S/C13H17FIN3O2/c1-13(2,3)20-12(19)18-6-4-5-7(18)9(14)10-8(6)11(15)17-16-10/h6-7,9H,4-5H2,1-3H3,(H,16,17)/t6-,7+,9-/m0/s1. The van der Waals surface area contributed by atoms with Gasteiger partial charge in [0, 0.05) is 5.56 Å². The summed E-state index contributed by atoms with van der Waals surface area (Å²) in [4.78, 5) is 13.9. The summed E-state index contributed by atoms with van der Waals surface area (Å²) in [5, 5.41) is 6.85. The largest absolute Gasteiger partial charge is 0.444 e. The van der Waals surface area contributed by atoms with E-state index in [0.717, 1.165) is 15.7 Å². The van der Waals surface area contributed by atoms with E-state index >= 15 is 0 Å². The minimum Gasteiger partial charge on any atom is -0.444 e. The summed E-state index contributed by atoms with van der Waals surface area (Å²) in [7, 11) is 0. The van der Waals surface area contributed by atoms with Gasteiger partial charge in [-0.25, -0.2) is 9.18 Å². The van der Waals surface area contributed by atoms with Crippen molar-refractivity contribution in [2.45, 2.75) is 57.5 Å². The number of carbonyl (C=O) groups is 1. The van der Waals surface area contributed by atoms with E-state index in [4.69, 9.17) is 4.74 Å². The molecular formula is C13H17FIN3O2. The van der Waals surface area contributed by atoms with Gasteiger partial charge in [-0.3, -0.25) is 10.00 Å². The molecule has 7 heteroatoms. The molecule has 5 nitrogen and oxygen atoms in total. The van der Waals surface area contributed by atoms with E-state index in [9.17, 15) is 9.18 Å². The molecule has 1 aromatic rings. The van der Waals surface area contributed by atoms with Crippen LogP contribution in [0.3, 0.4) is 0 Å². The predicted molar refractivity (Wildman–Crippen MR) is 79.0 cm³/mol. The average molecular weight is 393 g/mol. The molecule has 1 N–H and O–H groups in total. The van der Waals surface area contributed by atoms with Crippen LogP contribution in [0.4, 0.5) is 9.18 Å². The first-order valence-corrected chi connectivity index (χ1v) is 7.76. The fraction of sp³-hybridized carbons (Fsp3) is 0.692. The van der Waals surface area contributed by atoms with E-state index in [1.807, 2.05) is 20.8 Å². The second kappa shape index (κ2) is 4.57. The van der Waals surface area contributed by atoms with Crippen molar-refractivity contribution in [1.82, 2.24) is 15.1 Å². The summed E-state index contributed by atoms with van der Waals surface area (Å²) < 4.78 is 20.8. The summed E-state index contributed by atoms with van der Waals surface area (Å²) in [6.07, 6.45) is -0.237. The molecule has 2 aliphatic rings. The number of aromatic amines is 1. The van der Waals surface area contributed by atoms with Gasteiger partial charge in [-0.15, -0.1) is 0 Å². The molecular weight excluding hydrogens is 376 g/mol. The Hall–Kier alpha value is -0.860. The lowest BCUT2D eigenvalue weighted by Crippen LogP contribution is -2.45. The van der Waals surface area contributed by atoms with Crippen molar-refractivity contribution in [3.63, 3.8) is 0 Å². The number of H-pyrrole nitrogens is 1. The number of nitrogens with zero attached hydrogens (tertiary/aromatic N) is 2. The van der Waals surface area contributed by atoms with Crippen LogP contribution in [0.5, 0.6) is 0 Å². The maximum absolute atomic E-state index is 14.6. The molecule has 0 aliphatic carbocycles. The minimum atomic E-state index is -1.22. The molecule has 1 fully saturated rings. The van der Waals surface area contributed by atoms with Gasteiger partial charge in [-0.05, 0) is 56.2 Å². The third kappa shape index (κ3) is 2.10. The second-order valence-corrected chi connectivity index (χ2v) is 7.31. The number of hydrogen-bond donors (Lipinski definition) is 1. The van der Waals surface area contributed by atoms with Crippen LogP contribution >= 0.6 is 22.6 Å². The van der Waals surface area contributed by atoms with Gasteiger partial charge in [0.2, 0.25) is 0 Å². The maximum Gasteiger partial charge on any atom is 0.411 e. The third-order valence-corrected chi connectivity index (χ3v) is 4.59. The summed E-state index contributed by atoms with van der Waals surface area (Å²) in [5.41, 5.74) is 0.769. The molecule has 1 saturated heterocycles. The highest BCUT2D eigenvalue weighted by Gasteiger charge is 2.51. The van der Waals surface area contributed by atoms with Gasteiger partial charge in [-0.2, -0.15) is 5.10 Å². The van der Waals surface area contributed by atoms with Gasteiger partial charge in [0.25, 0.3) is 0 Å². The summed E-state index contributed by atoms with van der Waals surface area (Å²) in [5.74, 6) is 0. The minimum absolute atomic E-state index is 0.123. The van der Waals surface area contributed by atoms with E-state index < -0.39 is 23.9 Å². The highest BCUT2D eigenvalue weighted by atomic mass is 127. The van der Waals surface area contributed by atoms with E-state index in [2.05, 4.69) is 32.8 Å². The maximum atomic E-state index is 14.6. The fourth-order valence-electron chi connectivity index (χ4n) is 3.05. The first-order chi connectivity index (χ1) is 9.29. The molecule has 0 saturated carbocycles. The molecule has 0 radical (unpaired) electrons. The quantitative estimate of drug-likeness (QED) is 0.687. The fourth-order valence-corrected chi connectivity index (χ4v) is 3.82. The molecule has 1 aromatic heterocycles. The number of rotatable bonds is 0. The van der Waals surface area contributed by atoms with Crippen molar-refractivity contribution in [1.29, 1.82) is 0 Å². The summed E-state index contributed by atoms with van der Waals surface area (Å²) >= 11 is 2.08. The monoisotopic (exact) mass is 393 g/mol. The molecule has 3 rings (SSSR count). The number of fused-ring (bicyclic) bond motifs is 4. The van der Waals surface area contributed by atoms with Gasteiger partial charge in [0.1, 0.15) is 9.30 Å².